The van der Waals surface area contributed by atoms with Gasteiger partial charge in [0.1, 0.15) is 33.6 Å². The minimum Gasteiger partial charge on any atom is -0.366 e. The molecule has 0 spiro atoms. The SMILES string of the molecule is CN(C)C(=O)N1CCN(Cc2ccnc(Nc3nc4ccc(NCc5ccc(F)cc5F)nc4s3)c2)CC1. The van der Waals surface area contributed by atoms with Gasteiger partial charge >= 0.3 is 6.03 Å². The molecule has 198 valence electrons. The molecule has 4 aromatic rings. The van der Waals surface area contributed by atoms with Gasteiger partial charge in [0, 0.05) is 71.2 Å². The average Bonchev–Trinajstić information content (AvgIpc) is 3.30. The summed E-state index contributed by atoms with van der Waals surface area (Å²) in [5.74, 6) is 0.0583. The molecular formula is C26H28F2N8OS. The van der Waals surface area contributed by atoms with E-state index in [0.717, 1.165) is 41.6 Å². The minimum absolute atomic E-state index is 0.0510. The number of anilines is 3. The van der Waals surface area contributed by atoms with Crippen molar-refractivity contribution in [3.05, 3.63) is 71.4 Å². The summed E-state index contributed by atoms with van der Waals surface area (Å²) in [5, 5.41) is 7.01. The Morgan fingerprint density at radius 3 is 2.61 bits per heavy atom. The zero-order valence-electron chi connectivity index (χ0n) is 21.1. The van der Waals surface area contributed by atoms with Gasteiger partial charge in [0.25, 0.3) is 0 Å². The summed E-state index contributed by atoms with van der Waals surface area (Å²) in [6.45, 7) is 4.01. The molecule has 4 heterocycles. The minimum atomic E-state index is -0.605. The molecular weight excluding hydrogens is 510 g/mol. The summed E-state index contributed by atoms with van der Waals surface area (Å²) in [6, 6.07) is 11.2. The van der Waals surface area contributed by atoms with Gasteiger partial charge in [0.2, 0.25) is 0 Å². The summed E-state index contributed by atoms with van der Waals surface area (Å²) in [5.41, 5.74) is 2.21. The second-order valence-corrected chi connectivity index (χ2v) is 10.2. The van der Waals surface area contributed by atoms with Crippen molar-refractivity contribution < 1.29 is 13.6 Å². The van der Waals surface area contributed by atoms with Gasteiger partial charge in [-0.1, -0.05) is 17.4 Å². The number of halogens is 2. The fraction of sp³-hybridized carbons (Fsp3) is 0.308. The molecule has 1 aliphatic rings. The van der Waals surface area contributed by atoms with Gasteiger partial charge in [-0.25, -0.2) is 28.5 Å². The highest BCUT2D eigenvalue weighted by molar-refractivity contribution is 7.21. The van der Waals surface area contributed by atoms with E-state index in [4.69, 9.17) is 0 Å². The predicted molar refractivity (Wildman–Crippen MR) is 145 cm³/mol. The van der Waals surface area contributed by atoms with Crippen molar-refractivity contribution in [3.8, 4) is 0 Å². The highest BCUT2D eigenvalue weighted by Gasteiger charge is 2.22. The number of fused-ring (bicyclic) bond motifs is 1. The first-order valence-corrected chi connectivity index (χ1v) is 13.0. The number of rotatable bonds is 7. The normalized spacial score (nSPS) is 14.1. The Kier molecular flexibility index (Phi) is 7.61. The van der Waals surface area contributed by atoms with Gasteiger partial charge in [-0.15, -0.1) is 0 Å². The van der Waals surface area contributed by atoms with Crippen LogP contribution in [0.2, 0.25) is 0 Å². The van der Waals surface area contributed by atoms with E-state index >= 15 is 0 Å². The van der Waals surface area contributed by atoms with Crippen molar-refractivity contribution in [3.63, 3.8) is 0 Å². The highest BCUT2D eigenvalue weighted by atomic mass is 32.1. The number of urea groups is 1. The Morgan fingerprint density at radius 2 is 1.84 bits per heavy atom. The second-order valence-electron chi connectivity index (χ2n) is 9.24. The third kappa shape index (κ3) is 6.14. The lowest BCUT2D eigenvalue weighted by Crippen LogP contribution is -2.51. The van der Waals surface area contributed by atoms with Crippen molar-refractivity contribution in [2.45, 2.75) is 13.1 Å². The lowest BCUT2D eigenvalue weighted by molar-refractivity contribution is 0.120. The Balaban J connectivity index is 1.19. The number of thiazole rings is 1. The molecule has 12 heteroatoms. The molecule has 0 aliphatic carbocycles. The molecule has 3 aromatic heterocycles. The molecule has 0 unspecified atom stereocenters. The number of benzene rings is 1. The van der Waals surface area contributed by atoms with Crippen LogP contribution in [0.15, 0.2) is 48.7 Å². The smallest absolute Gasteiger partial charge is 0.319 e. The van der Waals surface area contributed by atoms with Crippen molar-refractivity contribution in [1.82, 2.24) is 29.7 Å². The number of hydrogen-bond acceptors (Lipinski definition) is 8. The zero-order chi connectivity index (χ0) is 26.6. The lowest BCUT2D eigenvalue weighted by atomic mass is 10.2. The Bertz CT molecular complexity index is 1440. The van der Waals surface area contributed by atoms with Crippen LogP contribution in [0.4, 0.5) is 30.3 Å². The lowest BCUT2D eigenvalue weighted by Gasteiger charge is -2.35. The predicted octanol–water partition coefficient (Wildman–Crippen LogP) is 4.52. The Morgan fingerprint density at radius 1 is 1.03 bits per heavy atom. The third-order valence-corrected chi connectivity index (χ3v) is 7.10. The third-order valence-electron chi connectivity index (χ3n) is 6.22. The molecule has 0 radical (unpaired) electrons. The fourth-order valence-electron chi connectivity index (χ4n) is 4.21. The summed E-state index contributed by atoms with van der Waals surface area (Å²) < 4.78 is 27.0. The molecule has 1 fully saturated rings. The molecule has 1 aliphatic heterocycles. The van der Waals surface area contributed by atoms with E-state index in [1.54, 1.807) is 31.3 Å². The first kappa shape index (κ1) is 25.7. The first-order valence-electron chi connectivity index (χ1n) is 12.2. The standard InChI is InChI=1S/C26H28F2N8OS/c1-34(2)26(37)36-11-9-35(10-12-36)16-17-7-8-29-23(13-17)33-25-31-21-5-6-22(32-24(21)38-25)30-15-18-3-4-19(27)14-20(18)28/h3-8,13-14H,9-12,15-16H2,1-2H3,(H,30,32)(H,29,31,33). The Hall–Kier alpha value is -3.90. The van der Waals surface area contributed by atoms with Crippen LogP contribution in [-0.4, -0.2) is 76.0 Å². The largest absolute Gasteiger partial charge is 0.366 e. The summed E-state index contributed by atoms with van der Waals surface area (Å²) >= 11 is 1.39. The van der Waals surface area contributed by atoms with E-state index in [1.165, 1.54) is 23.5 Å². The molecule has 0 atom stereocenters. The second kappa shape index (κ2) is 11.2. The van der Waals surface area contributed by atoms with Crippen LogP contribution in [0, 0.1) is 11.6 Å². The maximum Gasteiger partial charge on any atom is 0.319 e. The van der Waals surface area contributed by atoms with Gasteiger partial charge in [0.15, 0.2) is 5.13 Å². The fourth-order valence-corrected chi connectivity index (χ4v) is 5.05. The van der Waals surface area contributed by atoms with Gasteiger partial charge < -0.3 is 20.4 Å². The van der Waals surface area contributed by atoms with Crippen molar-refractivity contribution in [1.29, 1.82) is 0 Å². The van der Waals surface area contributed by atoms with Crippen molar-refractivity contribution in [2.75, 3.05) is 50.9 Å². The quantitative estimate of drug-likeness (QED) is 0.358. The van der Waals surface area contributed by atoms with Gasteiger partial charge in [0.05, 0.1) is 0 Å². The zero-order valence-corrected chi connectivity index (χ0v) is 21.9. The number of nitrogens with one attached hydrogen (secondary N) is 2. The monoisotopic (exact) mass is 538 g/mol. The van der Waals surface area contributed by atoms with Crippen LogP contribution in [0.5, 0.6) is 0 Å². The van der Waals surface area contributed by atoms with Crippen LogP contribution in [-0.2, 0) is 13.1 Å². The van der Waals surface area contributed by atoms with Crippen LogP contribution in [0.3, 0.4) is 0 Å². The van der Waals surface area contributed by atoms with E-state index in [2.05, 4.69) is 30.5 Å². The number of nitrogens with zero attached hydrogens (tertiary/aromatic N) is 6. The topological polar surface area (TPSA) is 89.5 Å². The molecule has 9 nitrogen and oxygen atoms in total. The van der Waals surface area contributed by atoms with Gasteiger partial charge in [-0.3, -0.25) is 4.90 Å². The van der Waals surface area contributed by atoms with Crippen LogP contribution in [0.25, 0.3) is 10.3 Å². The number of pyridine rings is 2. The van der Waals surface area contributed by atoms with Crippen molar-refractivity contribution >= 4 is 44.5 Å². The summed E-state index contributed by atoms with van der Waals surface area (Å²) in [7, 11) is 3.55. The molecule has 2 amide bonds. The maximum atomic E-state index is 13.9. The van der Waals surface area contributed by atoms with E-state index in [0.29, 0.717) is 35.4 Å². The Labute approximate surface area is 223 Å². The number of aromatic nitrogens is 3. The maximum absolute atomic E-state index is 13.9. The van der Waals surface area contributed by atoms with Crippen LogP contribution >= 0.6 is 11.3 Å². The highest BCUT2D eigenvalue weighted by Crippen LogP contribution is 2.28. The van der Waals surface area contributed by atoms with Crippen molar-refractivity contribution in [2.24, 2.45) is 0 Å². The molecule has 1 aromatic carbocycles. The molecule has 5 rings (SSSR count). The number of amides is 2. The van der Waals surface area contributed by atoms with Gasteiger partial charge in [-0.05, 0) is 35.9 Å². The van der Waals surface area contributed by atoms with Crippen LogP contribution < -0.4 is 10.6 Å². The first-order chi connectivity index (χ1) is 18.3. The summed E-state index contributed by atoms with van der Waals surface area (Å²) in [4.78, 5) is 32.3. The molecule has 0 saturated carbocycles. The van der Waals surface area contributed by atoms with E-state index in [1.807, 2.05) is 23.1 Å². The number of piperazine rings is 1. The van der Waals surface area contributed by atoms with E-state index in [-0.39, 0.29) is 12.6 Å². The summed E-state index contributed by atoms with van der Waals surface area (Å²) in [6.07, 6.45) is 1.77. The van der Waals surface area contributed by atoms with E-state index < -0.39 is 11.6 Å². The molecule has 38 heavy (non-hydrogen) atoms. The molecule has 0 bridgehead atoms. The van der Waals surface area contributed by atoms with Gasteiger partial charge in [-0.2, -0.15) is 0 Å². The number of carbonyl (C=O) groups excluding carboxylic acids is 1. The van der Waals surface area contributed by atoms with Crippen LogP contribution in [0.1, 0.15) is 11.1 Å². The van der Waals surface area contributed by atoms with E-state index in [9.17, 15) is 13.6 Å². The number of carbonyl (C=O) groups is 1. The molecule has 1 saturated heterocycles. The molecule has 2 N–H and O–H groups in total. The average molecular weight is 539 g/mol. The number of hydrogen-bond donors (Lipinski definition) is 2.